The Morgan fingerprint density at radius 2 is 2.10 bits per heavy atom. The van der Waals surface area contributed by atoms with E-state index >= 15 is 0 Å². The van der Waals surface area contributed by atoms with Crippen LogP contribution in [0.15, 0.2) is 9.00 Å². The third-order valence-corrected chi connectivity index (χ3v) is 4.84. The van der Waals surface area contributed by atoms with E-state index in [1.54, 1.807) is 0 Å². The summed E-state index contributed by atoms with van der Waals surface area (Å²) in [4.78, 5) is 4.41. The number of hydrogen-bond donors (Lipinski definition) is 2. The molecule has 6 nitrogen and oxygen atoms in total. The summed E-state index contributed by atoms with van der Waals surface area (Å²) in [6.07, 6.45) is 5.38. The van der Waals surface area contributed by atoms with E-state index in [1.165, 1.54) is 12.8 Å². The molecular weight excluding hydrogens is 346 g/mol. The first kappa shape index (κ1) is 14.0. The van der Waals surface area contributed by atoms with Crippen molar-refractivity contribution in [3.63, 3.8) is 0 Å². The molecule has 2 aliphatic rings. The molecule has 0 aromatic carbocycles. The van der Waals surface area contributed by atoms with Crippen LogP contribution in [0.5, 0.6) is 0 Å². The van der Waals surface area contributed by atoms with E-state index in [9.17, 15) is 0 Å². The van der Waals surface area contributed by atoms with Crippen LogP contribution in [0.25, 0.3) is 11.6 Å². The van der Waals surface area contributed by atoms with Crippen LogP contribution in [0.4, 0.5) is 0 Å². The van der Waals surface area contributed by atoms with Gasteiger partial charge in [0.15, 0.2) is 11.5 Å². The minimum atomic E-state index is -0.399. The molecule has 0 bridgehead atoms. The average molecular weight is 361 g/mol. The molecule has 20 heavy (non-hydrogen) atoms. The first-order valence-corrected chi connectivity index (χ1v) is 7.34. The van der Waals surface area contributed by atoms with Crippen molar-refractivity contribution in [3.05, 3.63) is 16.0 Å². The predicted octanol–water partition coefficient (Wildman–Crippen LogP) is 2.86. The second-order valence-corrected chi connectivity index (χ2v) is 6.30. The van der Waals surface area contributed by atoms with Gasteiger partial charge in [-0.3, -0.25) is 5.10 Å². The van der Waals surface area contributed by atoms with Crippen LogP contribution < -0.4 is 5.73 Å². The van der Waals surface area contributed by atoms with Crippen LogP contribution >= 0.6 is 28.3 Å². The molecule has 0 unspecified atom stereocenters. The Balaban J connectivity index is 0.00000121. The molecule has 2 heterocycles. The Labute approximate surface area is 130 Å². The summed E-state index contributed by atoms with van der Waals surface area (Å²) in [5.41, 5.74) is 7.60. The lowest BCUT2D eigenvalue weighted by molar-refractivity contribution is 0.229. The summed E-state index contributed by atoms with van der Waals surface area (Å²) in [6, 6.07) is 0. The number of H-pyrrole nitrogens is 1. The summed E-state index contributed by atoms with van der Waals surface area (Å²) in [7, 11) is 0. The van der Waals surface area contributed by atoms with E-state index in [0.717, 1.165) is 29.4 Å². The van der Waals surface area contributed by atoms with E-state index in [-0.39, 0.29) is 12.4 Å². The number of aromatic nitrogens is 4. The molecule has 2 saturated carbocycles. The molecular formula is C12H15BrClN5O. The highest BCUT2D eigenvalue weighted by atomic mass is 79.9. The van der Waals surface area contributed by atoms with Crippen molar-refractivity contribution in [2.75, 3.05) is 0 Å². The highest BCUT2D eigenvalue weighted by Crippen LogP contribution is 2.44. The number of hydrogen-bond acceptors (Lipinski definition) is 5. The molecule has 2 aliphatic carbocycles. The molecule has 0 aliphatic heterocycles. The number of aromatic amines is 1. The highest BCUT2D eigenvalue weighted by Gasteiger charge is 2.39. The Morgan fingerprint density at radius 1 is 1.35 bits per heavy atom. The standard InChI is InChI=1S/C12H14BrN5O.ClH/c13-7-8(6-2-3-6)16-17-9(7)10-15-11(18-19-10)12(14)4-1-5-12;/h6H,1-5,14H2,(H,16,17);1H. The zero-order chi connectivity index (χ0) is 13.0. The minimum Gasteiger partial charge on any atom is -0.332 e. The lowest BCUT2D eigenvalue weighted by atomic mass is 9.77. The summed E-state index contributed by atoms with van der Waals surface area (Å²) in [6.45, 7) is 0. The Morgan fingerprint density at radius 3 is 2.70 bits per heavy atom. The molecule has 2 fully saturated rings. The van der Waals surface area contributed by atoms with E-state index in [0.29, 0.717) is 23.3 Å². The van der Waals surface area contributed by atoms with Gasteiger partial charge in [-0.1, -0.05) is 5.16 Å². The molecule has 0 saturated heterocycles. The quantitative estimate of drug-likeness (QED) is 0.878. The van der Waals surface area contributed by atoms with Gasteiger partial charge in [0, 0.05) is 5.92 Å². The molecule has 0 spiro atoms. The SMILES string of the molecule is Cl.NC1(c2noc(-c3n[nH]c(C4CC4)c3Br)n2)CCC1. The maximum absolute atomic E-state index is 6.19. The van der Waals surface area contributed by atoms with Gasteiger partial charge >= 0.3 is 0 Å². The van der Waals surface area contributed by atoms with E-state index in [2.05, 4.69) is 36.3 Å². The van der Waals surface area contributed by atoms with Gasteiger partial charge in [-0.15, -0.1) is 12.4 Å². The van der Waals surface area contributed by atoms with Crippen LogP contribution in [0, 0.1) is 0 Å². The summed E-state index contributed by atoms with van der Waals surface area (Å²) in [5.74, 6) is 1.61. The van der Waals surface area contributed by atoms with Crippen LogP contribution in [0.3, 0.4) is 0 Å². The maximum atomic E-state index is 6.19. The van der Waals surface area contributed by atoms with Crippen LogP contribution in [-0.4, -0.2) is 20.3 Å². The maximum Gasteiger partial charge on any atom is 0.279 e. The van der Waals surface area contributed by atoms with Gasteiger partial charge < -0.3 is 10.3 Å². The van der Waals surface area contributed by atoms with Gasteiger partial charge in [0.05, 0.1) is 15.7 Å². The van der Waals surface area contributed by atoms with Gasteiger partial charge in [0.1, 0.15) is 0 Å². The molecule has 2 aromatic heterocycles. The molecule has 0 atom stereocenters. The third-order valence-electron chi connectivity index (χ3n) is 4.04. The van der Waals surface area contributed by atoms with Gasteiger partial charge in [-0.25, -0.2) is 0 Å². The van der Waals surface area contributed by atoms with Gasteiger partial charge in [-0.2, -0.15) is 10.1 Å². The smallest absolute Gasteiger partial charge is 0.279 e. The molecule has 3 N–H and O–H groups in total. The zero-order valence-electron chi connectivity index (χ0n) is 10.7. The van der Waals surface area contributed by atoms with E-state index in [1.807, 2.05) is 0 Å². The highest BCUT2D eigenvalue weighted by molar-refractivity contribution is 9.10. The fraction of sp³-hybridized carbons (Fsp3) is 0.583. The lowest BCUT2D eigenvalue weighted by Crippen LogP contribution is -2.44. The van der Waals surface area contributed by atoms with Crippen molar-refractivity contribution in [2.24, 2.45) is 5.73 Å². The van der Waals surface area contributed by atoms with Crippen LogP contribution in [0.1, 0.15) is 49.5 Å². The second kappa shape index (κ2) is 4.82. The van der Waals surface area contributed by atoms with Crippen molar-refractivity contribution in [1.29, 1.82) is 0 Å². The number of nitrogens with two attached hydrogens (primary N) is 1. The molecule has 0 radical (unpaired) electrons. The van der Waals surface area contributed by atoms with Crippen molar-refractivity contribution < 1.29 is 4.52 Å². The molecule has 8 heteroatoms. The van der Waals surface area contributed by atoms with Crippen LogP contribution in [-0.2, 0) is 5.54 Å². The normalized spacial score (nSPS) is 20.3. The van der Waals surface area contributed by atoms with Gasteiger partial charge in [0.25, 0.3) is 5.89 Å². The Bertz CT molecular complexity index is 632. The van der Waals surface area contributed by atoms with Crippen molar-refractivity contribution in [1.82, 2.24) is 20.3 Å². The first-order valence-electron chi connectivity index (χ1n) is 6.54. The number of nitrogens with one attached hydrogen (secondary N) is 1. The minimum absolute atomic E-state index is 0. The monoisotopic (exact) mass is 359 g/mol. The Kier molecular flexibility index (Phi) is 3.38. The number of rotatable bonds is 3. The number of halogens is 2. The largest absolute Gasteiger partial charge is 0.332 e. The topological polar surface area (TPSA) is 93.6 Å². The summed E-state index contributed by atoms with van der Waals surface area (Å²) < 4.78 is 6.25. The van der Waals surface area contributed by atoms with Gasteiger partial charge in [-0.05, 0) is 48.0 Å². The third kappa shape index (κ3) is 2.08. The zero-order valence-corrected chi connectivity index (χ0v) is 13.1. The van der Waals surface area contributed by atoms with Crippen molar-refractivity contribution in [2.45, 2.75) is 43.6 Å². The molecule has 2 aromatic rings. The predicted molar refractivity (Wildman–Crippen MR) is 78.5 cm³/mol. The Hall–Kier alpha value is -0.920. The molecule has 0 amide bonds. The van der Waals surface area contributed by atoms with Crippen molar-refractivity contribution >= 4 is 28.3 Å². The van der Waals surface area contributed by atoms with Gasteiger partial charge in [0.2, 0.25) is 0 Å². The van der Waals surface area contributed by atoms with Crippen LogP contribution in [0.2, 0.25) is 0 Å². The van der Waals surface area contributed by atoms with E-state index < -0.39 is 5.54 Å². The number of nitrogens with zero attached hydrogens (tertiary/aromatic N) is 3. The fourth-order valence-electron chi connectivity index (χ4n) is 2.43. The molecule has 108 valence electrons. The summed E-state index contributed by atoms with van der Waals surface area (Å²) >= 11 is 3.57. The van der Waals surface area contributed by atoms with E-state index in [4.69, 9.17) is 10.3 Å². The molecule has 4 rings (SSSR count). The van der Waals surface area contributed by atoms with Crippen molar-refractivity contribution in [3.8, 4) is 11.6 Å². The first-order chi connectivity index (χ1) is 9.17. The summed E-state index contributed by atoms with van der Waals surface area (Å²) in [5, 5.41) is 11.3. The second-order valence-electron chi connectivity index (χ2n) is 5.51. The fourth-order valence-corrected chi connectivity index (χ4v) is 3.10. The average Bonchev–Trinajstić information content (AvgIpc) is 2.95. The lowest BCUT2D eigenvalue weighted by Gasteiger charge is -2.34.